The number of nitrogens with one attached hydrogen (secondary N) is 3. The fraction of sp³-hybridized carbons (Fsp3) is 0.509. The molecule has 13 heteroatoms. The Morgan fingerprint density at radius 3 is 2.20 bits per heavy atom. The van der Waals surface area contributed by atoms with Crippen LogP contribution in [0, 0.1) is 40.4 Å². The van der Waals surface area contributed by atoms with Gasteiger partial charge in [0.15, 0.2) is 0 Å². The van der Waals surface area contributed by atoms with Crippen molar-refractivity contribution in [3.63, 3.8) is 0 Å². The van der Waals surface area contributed by atoms with Gasteiger partial charge in [-0.25, -0.2) is 4.98 Å². The number of carbonyl (C=O) groups is 4. The van der Waals surface area contributed by atoms with Crippen molar-refractivity contribution in [2.24, 2.45) is 22.2 Å². The summed E-state index contributed by atoms with van der Waals surface area (Å²) >= 11 is 7.91. The van der Waals surface area contributed by atoms with Crippen LogP contribution in [0.25, 0.3) is 10.4 Å². The number of rotatable bonds is 17. The number of nitrogens with zero attached hydrogens (tertiary/aromatic N) is 3. The molecule has 1 unspecified atom stereocenters. The third-order valence-corrected chi connectivity index (χ3v) is 15.3. The van der Waals surface area contributed by atoms with Crippen molar-refractivity contribution < 1.29 is 24.3 Å². The zero-order valence-corrected chi connectivity index (χ0v) is 41.5. The molecule has 1 saturated carbocycles. The maximum absolute atomic E-state index is 14.1. The predicted molar refractivity (Wildman–Crippen MR) is 262 cm³/mol. The lowest BCUT2D eigenvalue weighted by Crippen LogP contribution is -2.70. The molecule has 1 aromatic heterocycles. The molecule has 4 atom stereocenters. The van der Waals surface area contributed by atoms with E-state index < -0.39 is 23.6 Å². The van der Waals surface area contributed by atoms with Crippen molar-refractivity contribution in [2.45, 2.75) is 144 Å². The smallest absolute Gasteiger partial charge is 0.251 e. The molecular formula is C53H67ClN6O5S. The highest BCUT2D eigenvalue weighted by atomic mass is 35.5. The molecule has 2 heterocycles. The van der Waals surface area contributed by atoms with Crippen LogP contribution in [-0.2, 0) is 27.2 Å². The number of aliphatic hydroxyl groups is 1. The molecule has 352 valence electrons. The van der Waals surface area contributed by atoms with Crippen molar-refractivity contribution in [1.29, 1.82) is 5.26 Å². The van der Waals surface area contributed by atoms with E-state index in [4.69, 9.17) is 11.6 Å². The maximum Gasteiger partial charge on any atom is 0.251 e. The summed E-state index contributed by atoms with van der Waals surface area (Å²) in [6, 6.07) is 21.4. The average molecular weight is 936 g/mol. The Labute approximate surface area is 400 Å². The molecule has 0 radical (unpaired) electrons. The first kappa shape index (κ1) is 50.3. The largest absolute Gasteiger partial charge is 0.391 e. The Hall–Kier alpha value is -5.09. The highest BCUT2D eigenvalue weighted by Gasteiger charge is 2.61. The van der Waals surface area contributed by atoms with Crippen molar-refractivity contribution in [3.05, 3.63) is 111 Å². The summed E-state index contributed by atoms with van der Waals surface area (Å²) in [6.07, 6.45) is 4.58. The van der Waals surface area contributed by atoms with Crippen LogP contribution in [-0.4, -0.2) is 69.4 Å². The number of aryl methyl sites for hydroxylation is 2. The zero-order valence-electron chi connectivity index (χ0n) is 40.0. The zero-order chi connectivity index (χ0) is 48.1. The van der Waals surface area contributed by atoms with Crippen LogP contribution in [0.2, 0.25) is 5.02 Å². The topological polar surface area (TPSA) is 165 Å². The number of carbonyl (C=O) groups excluding carboxylic acids is 4. The number of β-amino-alcohol motifs (C(OH)–C–C–N with tert-alkyl or cyclic N) is 1. The first-order chi connectivity index (χ1) is 31.1. The summed E-state index contributed by atoms with van der Waals surface area (Å²) in [5.41, 5.74) is 7.15. The fourth-order valence-electron chi connectivity index (χ4n) is 10.4. The summed E-state index contributed by atoms with van der Waals surface area (Å²) in [6.45, 7) is 18.4. The van der Waals surface area contributed by atoms with Crippen LogP contribution in [0.3, 0.4) is 0 Å². The molecule has 0 bridgehead atoms. The van der Waals surface area contributed by atoms with Gasteiger partial charge in [-0.15, -0.1) is 11.3 Å². The monoisotopic (exact) mass is 934 g/mol. The van der Waals surface area contributed by atoms with Crippen LogP contribution in [0.4, 0.5) is 0 Å². The van der Waals surface area contributed by atoms with Crippen molar-refractivity contribution >= 4 is 46.6 Å². The SMILES string of the molecule is Cc1ncsc1-c1ccc([C@H](C)NC(=O)C2C[C@@H](O)CN2C(=O)[C@@H](NC(=O)CCCCCCc2ccc(C(=O)NC3C(C)(C)C(Cc4ccc(C#N)c(Cl)c4)C3(C)C)cc2)C(C)(C)C)cc1. The minimum absolute atomic E-state index is 0.0175. The first-order valence-corrected chi connectivity index (χ1v) is 24.5. The molecule has 66 heavy (non-hydrogen) atoms. The van der Waals surface area contributed by atoms with Gasteiger partial charge in [-0.1, -0.05) is 115 Å². The molecule has 2 aliphatic rings. The molecule has 1 saturated heterocycles. The van der Waals surface area contributed by atoms with Gasteiger partial charge in [0.05, 0.1) is 38.8 Å². The van der Waals surface area contributed by atoms with Crippen LogP contribution in [0.15, 0.2) is 72.2 Å². The minimum atomic E-state index is -0.875. The predicted octanol–water partition coefficient (Wildman–Crippen LogP) is 9.53. The summed E-state index contributed by atoms with van der Waals surface area (Å²) < 4.78 is 0. The Morgan fingerprint density at radius 1 is 0.939 bits per heavy atom. The van der Waals surface area contributed by atoms with E-state index in [-0.39, 0.29) is 65.9 Å². The first-order valence-electron chi connectivity index (χ1n) is 23.3. The summed E-state index contributed by atoms with van der Waals surface area (Å²) in [4.78, 5) is 61.4. The third kappa shape index (κ3) is 11.5. The molecule has 1 aliphatic carbocycles. The van der Waals surface area contributed by atoms with Gasteiger partial charge in [0.2, 0.25) is 17.7 Å². The van der Waals surface area contributed by atoms with Crippen LogP contribution in [0.5, 0.6) is 0 Å². The summed E-state index contributed by atoms with van der Waals surface area (Å²) in [7, 11) is 0. The van der Waals surface area contributed by atoms with Gasteiger partial charge in [-0.2, -0.15) is 5.26 Å². The number of nitriles is 1. The number of halogens is 1. The standard InChI is InChI=1S/C53H67ClN6O5S/c1-32(36-22-24-37(25-23-36)45-33(2)56-31-66-45)57-48(64)42-28-40(61)30-60(42)49(65)46(51(3,4)5)58-44(62)15-13-11-10-12-14-34-16-19-38(20-17-34)47(63)59-50-52(6,7)43(53(50,8)9)27-35-18-21-39(29-55)41(54)26-35/h16-26,31-32,40,42-43,46,50,61H,10-15,27-28,30H2,1-9H3,(H,57,64)(H,58,62)(H,59,63)/t32-,40+,42?,43?,46+,50?/m0/s1. The lowest BCUT2D eigenvalue weighted by molar-refractivity contribution is -0.144. The van der Waals surface area contributed by atoms with E-state index in [1.165, 1.54) is 4.90 Å². The van der Waals surface area contributed by atoms with E-state index in [1.54, 1.807) is 17.4 Å². The normalized spacial score (nSPS) is 20.7. The van der Waals surface area contributed by atoms with E-state index >= 15 is 0 Å². The lowest BCUT2D eigenvalue weighted by Gasteiger charge is -2.64. The molecule has 0 spiro atoms. The maximum atomic E-state index is 14.1. The van der Waals surface area contributed by atoms with Gasteiger partial charge in [0.25, 0.3) is 5.91 Å². The number of hydrogen-bond donors (Lipinski definition) is 4. The molecular weight excluding hydrogens is 868 g/mol. The lowest BCUT2D eigenvalue weighted by atomic mass is 9.43. The molecule has 1 aliphatic heterocycles. The third-order valence-electron chi connectivity index (χ3n) is 14.0. The highest BCUT2D eigenvalue weighted by Crippen LogP contribution is 2.60. The molecule has 4 amide bonds. The number of hydrogen-bond acceptors (Lipinski definition) is 8. The molecule has 2 fully saturated rings. The van der Waals surface area contributed by atoms with Gasteiger partial charge in [-0.05, 0) is 108 Å². The Bertz CT molecular complexity index is 2400. The Kier molecular flexibility index (Phi) is 15.9. The van der Waals surface area contributed by atoms with E-state index in [9.17, 15) is 29.5 Å². The minimum Gasteiger partial charge on any atom is -0.391 e. The number of thiazole rings is 1. The molecule has 4 aromatic rings. The van der Waals surface area contributed by atoms with Crippen LogP contribution < -0.4 is 16.0 Å². The van der Waals surface area contributed by atoms with Crippen molar-refractivity contribution in [3.8, 4) is 16.5 Å². The van der Waals surface area contributed by atoms with Crippen molar-refractivity contribution in [2.75, 3.05) is 6.54 Å². The second-order valence-electron chi connectivity index (χ2n) is 20.7. The number of aliphatic hydroxyl groups excluding tert-OH is 1. The average Bonchev–Trinajstić information content (AvgIpc) is 3.89. The summed E-state index contributed by atoms with van der Waals surface area (Å²) in [5.74, 6) is -0.721. The number of likely N-dealkylation sites (tertiary alicyclic amines) is 1. The van der Waals surface area contributed by atoms with E-state index in [2.05, 4.69) is 54.7 Å². The van der Waals surface area contributed by atoms with Gasteiger partial charge >= 0.3 is 0 Å². The van der Waals surface area contributed by atoms with Gasteiger partial charge < -0.3 is 26.0 Å². The molecule has 6 rings (SSSR count). The second-order valence-corrected chi connectivity index (χ2v) is 22.0. The van der Waals surface area contributed by atoms with Crippen LogP contribution in [0.1, 0.15) is 138 Å². The molecule has 3 aromatic carbocycles. The quantitative estimate of drug-likeness (QED) is 0.0766. The molecule has 4 N–H and O–H groups in total. The number of aromatic nitrogens is 1. The van der Waals surface area contributed by atoms with E-state index in [0.29, 0.717) is 28.5 Å². The van der Waals surface area contributed by atoms with E-state index in [0.717, 1.165) is 64.9 Å². The highest BCUT2D eigenvalue weighted by molar-refractivity contribution is 7.13. The van der Waals surface area contributed by atoms with Crippen molar-refractivity contribution in [1.82, 2.24) is 25.8 Å². The Balaban J connectivity index is 0.925. The van der Waals surface area contributed by atoms with Crippen LogP contribution >= 0.6 is 22.9 Å². The fourth-order valence-corrected chi connectivity index (χ4v) is 11.4. The van der Waals surface area contributed by atoms with Gasteiger partial charge in [0, 0.05) is 31.0 Å². The van der Waals surface area contributed by atoms with E-state index in [1.807, 2.05) is 101 Å². The van der Waals surface area contributed by atoms with Gasteiger partial charge in [0.1, 0.15) is 18.2 Å². The second kappa shape index (κ2) is 20.8. The molecule has 11 nitrogen and oxygen atoms in total. The summed E-state index contributed by atoms with van der Waals surface area (Å²) in [5, 5.41) is 29.7. The number of amides is 4. The number of unbranched alkanes of at least 4 members (excludes halogenated alkanes) is 3. The number of benzene rings is 3. The van der Waals surface area contributed by atoms with Gasteiger partial charge in [-0.3, -0.25) is 19.2 Å². The Morgan fingerprint density at radius 2 is 1.59 bits per heavy atom.